The fraction of sp³-hybridized carbons (Fsp3) is 0.0333. The van der Waals surface area contributed by atoms with Crippen molar-refractivity contribution in [3.05, 3.63) is 125 Å². The Balaban J connectivity index is 1.38. The number of rotatable bonds is 7. The molecule has 1 N–H and O–H groups in total. The molecule has 0 aromatic heterocycles. The lowest BCUT2D eigenvalue weighted by Gasteiger charge is -2.29. The molecule has 5 rings (SSSR count). The molecule has 0 aliphatic carbocycles. The smallest absolute Gasteiger partial charge is 0.270 e. The largest absolute Gasteiger partial charge is 0.488 e. The summed E-state index contributed by atoms with van der Waals surface area (Å²) in [7, 11) is 0. The standard InChI is InChI=1S/C30H21ClN2O4S/c31-22-9-6-7-20(17-22)19-36-27-12-5-4-8-21(27)18-26-28(34)32-30(38)33(29(26)35)23-13-15-25(16-14-23)37-24-10-2-1-3-11-24/h1-18H,19H2,(H,32,34,38)/b26-18+. The number of ether oxygens (including phenoxy) is 2. The minimum Gasteiger partial charge on any atom is -0.488 e. The number of hydrogen-bond donors (Lipinski definition) is 1. The number of hydrogen-bond acceptors (Lipinski definition) is 5. The van der Waals surface area contributed by atoms with Crippen molar-refractivity contribution in [3.8, 4) is 17.2 Å². The predicted molar refractivity (Wildman–Crippen MR) is 151 cm³/mol. The predicted octanol–water partition coefficient (Wildman–Crippen LogP) is 6.54. The number of nitrogens with one attached hydrogen (secondary N) is 1. The summed E-state index contributed by atoms with van der Waals surface area (Å²) in [6.45, 7) is 0.272. The van der Waals surface area contributed by atoms with Gasteiger partial charge in [0, 0.05) is 10.6 Å². The maximum absolute atomic E-state index is 13.5. The van der Waals surface area contributed by atoms with Gasteiger partial charge in [-0.25, -0.2) is 0 Å². The Morgan fingerprint density at radius 1 is 0.842 bits per heavy atom. The fourth-order valence-corrected chi connectivity index (χ4v) is 4.35. The van der Waals surface area contributed by atoms with E-state index in [1.807, 2.05) is 54.6 Å². The molecule has 6 nitrogen and oxygen atoms in total. The number of para-hydroxylation sites is 2. The third-order valence-corrected chi connectivity index (χ3v) is 6.20. The summed E-state index contributed by atoms with van der Waals surface area (Å²) in [5.41, 5.74) is 1.90. The number of thiocarbonyl (C=S) groups is 1. The maximum atomic E-state index is 13.5. The fourth-order valence-electron chi connectivity index (χ4n) is 3.85. The van der Waals surface area contributed by atoms with Crippen molar-refractivity contribution >= 4 is 52.5 Å². The quantitative estimate of drug-likeness (QED) is 0.164. The van der Waals surface area contributed by atoms with Crippen molar-refractivity contribution in [1.29, 1.82) is 0 Å². The van der Waals surface area contributed by atoms with Crippen LogP contribution in [-0.2, 0) is 16.2 Å². The molecule has 0 radical (unpaired) electrons. The summed E-state index contributed by atoms with van der Waals surface area (Å²) < 4.78 is 11.8. The molecular weight excluding hydrogens is 520 g/mol. The van der Waals surface area contributed by atoms with Crippen molar-refractivity contribution in [3.63, 3.8) is 0 Å². The van der Waals surface area contributed by atoms with Gasteiger partial charge in [-0.3, -0.25) is 19.8 Å². The normalized spacial score (nSPS) is 14.4. The minimum atomic E-state index is -0.579. The summed E-state index contributed by atoms with van der Waals surface area (Å²) in [6, 6.07) is 30.8. The molecular formula is C30H21ClN2O4S. The molecule has 0 bridgehead atoms. The van der Waals surface area contributed by atoms with Crippen molar-refractivity contribution in [1.82, 2.24) is 5.32 Å². The molecule has 1 fully saturated rings. The molecule has 188 valence electrons. The number of halogens is 1. The van der Waals surface area contributed by atoms with Gasteiger partial charge in [0.2, 0.25) is 0 Å². The highest BCUT2D eigenvalue weighted by Gasteiger charge is 2.34. The van der Waals surface area contributed by atoms with Crippen molar-refractivity contribution in [2.75, 3.05) is 4.90 Å². The van der Waals surface area contributed by atoms with Gasteiger partial charge in [-0.1, -0.05) is 60.1 Å². The Labute approximate surface area is 230 Å². The Kier molecular flexibility index (Phi) is 7.49. The van der Waals surface area contributed by atoms with Gasteiger partial charge in [0.1, 0.15) is 29.4 Å². The van der Waals surface area contributed by atoms with Crippen LogP contribution >= 0.6 is 23.8 Å². The number of anilines is 1. The first-order valence-electron chi connectivity index (χ1n) is 11.7. The average molecular weight is 541 g/mol. The summed E-state index contributed by atoms with van der Waals surface area (Å²) in [4.78, 5) is 27.6. The summed E-state index contributed by atoms with van der Waals surface area (Å²) in [6.07, 6.45) is 1.51. The molecule has 1 aliphatic heterocycles. The van der Waals surface area contributed by atoms with Crippen molar-refractivity contribution < 1.29 is 19.1 Å². The number of nitrogens with zero attached hydrogens (tertiary/aromatic N) is 1. The third kappa shape index (κ3) is 5.75. The molecule has 1 heterocycles. The lowest BCUT2D eigenvalue weighted by atomic mass is 10.1. The molecule has 8 heteroatoms. The zero-order valence-electron chi connectivity index (χ0n) is 20.0. The van der Waals surface area contributed by atoms with Crippen LogP contribution in [0.25, 0.3) is 6.08 Å². The van der Waals surface area contributed by atoms with Crippen LogP contribution in [0.15, 0.2) is 109 Å². The first-order chi connectivity index (χ1) is 18.5. The van der Waals surface area contributed by atoms with E-state index < -0.39 is 11.8 Å². The summed E-state index contributed by atoms with van der Waals surface area (Å²) >= 11 is 11.4. The molecule has 0 atom stereocenters. The van der Waals surface area contributed by atoms with Crippen LogP contribution in [0.4, 0.5) is 5.69 Å². The van der Waals surface area contributed by atoms with E-state index in [2.05, 4.69) is 5.32 Å². The van der Waals surface area contributed by atoms with E-state index in [1.165, 1.54) is 11.0 Å². The molecule has 4 aromatic rings. The molecule has 1 aliphatic rings. The lowest BCUT2D eigenvalue weighted by Crippen LogP contribution is -2.54. The van der Waals surface area contributed by atoms with Crippen LogP contribution in [0.5, 0.6) is 17.2 Å². The molecule has 0 saturated carbocycles. The Morgan fingerprint density at radius 2 is 1.55 bits per heavy atom. The summed E-state index contributed by atoms with van der Waals surface area (Å²) in [5, 5.41) is 3.22. The molecule has 0 unspecified atom stereocenters. The van der Waals surface area contributed by atoms with Gasteiger partial charge in [0.15, 0.2) is 5.11 Å². The molecule has 1 saturated heterocycles. The minimum absolute atomic E-state index is 0.000584. The third-order valence-electron chi connectivity index (χ3n) is 5.68. The van der Waals surface area contributed by atoms with E-state index >= 15 is 0 Å². The van der Waals surface area contributed by atoms with Crippen LogP contribution in [0, 0.1) is 0 Å². The monoisotopic (exact) mass is 540 g/mol. The molecule has 4 aromatic carbocycles. The molecule has 0 spiro atoms. The van der Waals surface area contributed by atoms with E-state index in [4.69, 9.17) is 33.3 Å². The van der Waals surface area contributed by atoms with Gasteiger partial charge < -0.3 is 9.47 Å². The van der Waals surface area contributed by atoms with E-state index in [9.17, 15) is 9.59 Å². The second-order valence-corrected chi connectivity index (χ2v) is 9.15. The lowest BCUT2D eigenvalue weighted by molar-refractivity contribution is -0.122. The van der Waals surface area contributed by atoms with E-state index in [0.29, 0.717) is 33.5 Å². The van der Waals surface area contributed by atoms with Crippen molar-refractivity contribution in [2.45, 2.75) is 6.61 Å². The van der Waals surface area contributed by atoms with Crippen LogP contribution in [0.2, 0.25) is 5.02 Å². The molecule has 2 amide bonds. The SMILES string of the molecule is O=C1NC(=S)N(c2ccc(Oc3ccccc3)cc2)C(=O)/C1=C/c1ccccc1OCc1cccc(Cl)c1. The van der Waals surface area contributed by atoms with Gasteiger partial charge >= 0.3 is 0 Å². The second-order valence-electron chi connectivity index (χ2n) is 8.32. The van der Waals surface area contributed by atoms with Gasteiger partial charge in [0.05, 0.1) is 5.69 Å². The number of benzene rings is 4. The van der Waals surface area contributed by atoms with Crippen LogP contribution in [0.3, 0.4) is 0 Å². The van der Waals surface area contributed by atoms with E-state index in [0.717, 1.165) is 5.56 Å². The van der Waals surface area contributed by atoms with E-state index in [-0.39, 0.29) is 17.3 Å². The highest BCUT2D eigenvalue weighted by atomic mass is 35.5. The number of carbonyl (C=O) groups excluding carboxylic acids is 2. The molecule has 38 heavy (non-hydrogen) atoms. The van der Waals surface area contributed by atoms with E-state index in [1.54, 1.807) is 48.5 Å². The Hall–Kier alpha value is -4.46. The van der Waals surface area contributed by atoms with Crippen LogP contribution in [-0.4, -0.2) is 16.9 Å². The highest BCUT2D eigenvalue weighted by molar-refractivity contribution is 7.80. The van der Waals surface area contributed by atoms with Crippen LogP contribution in [0.1, 0.15) is 11.1 Å². The maximum Gasteiger partial charge on any atom is 0.270 e. The average Bonchev–Trinajstić information content (AvgIpc) is 2.92. The highest BCUT2D eigenvalue weighted by Crippen LogP contribution is 2.28. The van der Waals surface area contributed by atoms with Gasteiger partial charge in [-0.2, -0.15) is 0 Å². The Morgan fingerprint density at radius 3 is 2.32 bits per heavy atom. The van der Waals surface area contributed by atoms with Crippen molar-refractivity contribution in [2.24, 2.45) is 0 Å². The Bertz CT molecular complexity index is 1540. The van der Waals surface area contributed by atoms with Gasteiger partial charge in [-0.15, -0.1) is 0 Å². The number of amides is 2. The van der Waals surface area contributed by atoms with Gasteiger partial charge in [-0.05, 0) is 78.5 Å². The summed E-state index contributed by atoms with van der Waals surface area (Å²) in [5.74, 6) is 0.687. The van der Waals surface area contributed by atoms with Crippen LogP contribution < -0.4 is 19.7 Å². The zero-order valence-corrected chi connectivity index (χ0v) is 21.5. The van der Waals surface area contributed by atoms with Gasteiger partial charge in [0.25, 0.3) is 11.8 Å². The number of carbonyl (C=O) groups is 2. The first-order valence-corrected chi connectivity index (χ1v) is 12.5. The first kappa shape index (κ1) is 25.2. The second kappa shape index (κ2) is 11.3. The zero-order chi connectivity index (χ0) is 26.5. The topological polar surface area (TPSA) is 67.9 Å².